The molecule has 0 spiro atoms. The summed E-state index contributed by atoms with van der Waals surface area (Å²) in [5, 5.41) is 14.5. The van der Waals surface area contributed by atoms with Gasteiger partial charge in [-0.3, -0.25) is 4.79 Å². The maximum absolute atomic E-state index is 13.6. The Balaban J connectivity index is 2.35. The molecule has 4 nitrogen and oxygen atoms in total. The van der Waals surface area contributed by atoms with Crippen molar-refractivity contribution >= 4 is 23.7 Å². The molecule has 1 amide bonds. The number of carbonyl (C=O) groups excluding carboxylic acids is 1. The van der Waals surface area contributed by atoms with Crippen molar-refractivity contribution in [2.45, 2.75) is 32.7 Å². The van der Waals surface area contributed by atoms with E-state index in [9.17, 15) is 9.18 Å². The zero-order chi connectivity index (χ0) is 16.3. The Morgan fingerprint density at radius 3 is 2.91 bits per heavy atom. The summed E-state index contributed by atoms with van der Waals surface area (Å²) in [6, 6.07) is 5.62. The van der Waals surface area contributed by atoms with Crippen molar-refractivity contribution in [3.63, 3.8) is 0 Å². The van der Waals surface area contributed by atoms with E-state index in [0.29, 0.717) is 18.4 Å². The predicted octanol–water partition coefficient (Wildman–Crippen LogP) is 3.61. The molecule has 0 saturated heterocycles. The zero-order valence-corrected chi connectivity index (χ0v) is 13.3. The summed E-state index contributed by atoms with van der Waals surface area (Å²) in [6.45, 7) is 3.69. The summed E-state index contributed by atoms with van der Waals surface area (Å²) in [4.78, 5) is 12.7. The van der Waals surface area contributed by atoms with Gasteiger partial charge in [-0.05, 0) is 37.1 Å². The lowest BCUT2D eigenvalue weighted by Gasteiger charge is -2.31. The fourth-order valence-corrected chi connectivity index (χ4v) is 2.64. The van der Waals surface area contributed by atoms with Crippen LogP contribution in [0.25, 0.3) is 0 Å². The first-order valence-corrected chi connectivity index (χ1v) is 7.61. The highest BCUT2D eigenvalue weighted by molar-refractivity contribution is 6.19. The predicted molar refractivity (Wildman–Crippen MR) is 82.9 cm³/mol. The van der Waals surface area contributed by atoms with E-state index in [1.807, 2.05) is 13.0 Å². The molecule has 0 fully saturated rings. The molecule has 116 valence electrons. The minimum Gasteiger partial charge on any atom is -0.272 e. The van der Waals surface area contributed by atoms with Crippen LogP contribution in [0.1, 0.15) is 43.9 Å². The highest BCUT2D eigenvalue weighted by atomic mass is 35.5. The van der Waals surface area contributed by atoms with Crippen molar-refractivity contribution in [1.82, 2.24) is 5.01 Å². The summed E-state index contributed by atoms with van der Waals surface area (Å²) < 4.78 is 13.6. The van der Waals surface area contributed by atoms with Crippen LogP contribution in [0.15, 0.2) is 23.3 Å². The molecular formula is C16H17ClFN3O. The van der Waals surface area contributed by atoms with Crippen LogP contribution in [0.2, 0.25) is 0 Å². The molecule has 0 saturated carbocycles. The molecule has 6 heteroatoms. The fraction of sp³-hybridized carbons (Fsp3) is 0.438. The molecule has 1 aromatic rings. The Morgan fingerprint density at radius 2 is 2.32 bits per heavy atom. The third-order valence-electron chi connectivity index (χ3n) is 4.06. The molecule has 2 unspecified atom stereocenters. The number of halogens is 2. The standard InChI is InChI=1S/C16H17ClFN3O/c1-3-16(2,10-17)15(22)21-14(4-5-20-21)12-6-11(9-19)7-13(18)8-12/h5-8,14H,3-4,10H2,1-2H3. The lowest BCUT2D eigenvalue weighted by Crippen LogP contribution is -2.41. The summed E-state index contributed by atoms with van der Waals surface area (Å²) in [5.41, 5.74) is 0.0766. The number of hydrogen-bond donors (Lipinski definition) is 0. The molecule has 2 atom stereocenters. The normalized spacial score (nSPS) is 19.8. The van der Waals surface area contributed by atoms with Crippen molar-refractivity contribution in [2.75, 3.05) is 5.88 Å². The van der Waals surface area contributed by atoms with Crippen LogP contribution in [-0.2, 0) is 4.79 Å². The Hall–Kier alpha value is -1.93. The molecule has 0 N–H and O–H groups in total. The maximum Gasteiger partial charge on any atom is 0.250 e. The Labute approximate surface area is 134 Å². The quantitative estimate of drug-likeness (QED) is 0.795. The Kier molecular flexibility index (Phi) is 4.82. The largest absolute Gasteiger partial charge is 0.272 e. The van der Waals surface area contributed by atoms with Crippen molar-refractivity contribution in [3.8, 4) is 6.07 Å². The van der Waals surface area contributed by atoms with Crippen LogP contribution in [-0.4, -0.2) is 23.0 Å². The van der Waals surface area contributed by atoms with Crippen LogP contribution < -0.4 is 0 Å². The average Bonchev–Trinajstić information content (AvgIpc) is 3.02. The van der Waals surface area contributed by atoms with Gasteiger partial charge in [0.25, 0.3) is 0 Å². The molecule has 0 aliphatic carbocycles. The van der Waals surface area contributed by atoms with Crippen molar-refractivity contribution in [1.29, 1.82) is 5.26 Å². The van der Waals surface area contributed by atoms with Gasteiger partial charge in [0, 0.05) is 18.5 Å². The first-order valence-electron chi connectivity index (χ1n) is 7.08. The number of rotatable bonds is 4. The van der Waals surface area contributed by atoms with Gasteiger partial charge in [0.15, 0.2) is 0 Å². The average molecular weight is 322 g/mol. The molecule has 0 radical (unpaired) electrons. The Bertz CT molecular complexity index is 649. The van der Waals surface area contributed by atoms with Crippen LogP contribution in [0.4, 0.5) is 4.39 Å². The highest BCUT2D eigenvalue weighted by Gasteiger charge is 2.39. The minimum absolute atomic E-state index is 0.188. The number of alkyl halides is 1. The third kappa shape index (κ3) is 2.97. The number of carbonyl (C=O) groups is 1. The van der Waals surface area contributed by atoms with Crippen LogP contribution in [0.5, 0.6) is 0 Å². The topological polar surface area (TPSA) is 56.5 Å². The zero-order valence-electron chi connectivity index (χ0n) is 12.5. The van der Waals surface area contributed by atoms with Crippen LogP contribution in [0, 0.1) is 22.6 Å². The molecule has 0 aromatic heterocycles. The van der Waals surface area contributed by atoms with Gasteiger partial charge in [-0.1, -0.05) is 6.92 Å². The molecule has 1 aliphatic heterocycles. The molecule has 2 rings (SSSR count). The minimum atomic E-state index is -0.715. The van der Waals surface area contributed by atoms with E-state index in [0.717, 1.165) is 0 Å². The second kappa shape index (κ2) is 6.45. The third-order valence-corrected chi connectivity index (χ3v) is 4.65. The molecule has 0 bridgehead atoms. The SMILES string of the molecule is CCC(C)(CCl)C(=O)N1N=CCC1c1cc(F)cc(C#N)c1. The van der Waals surface area contributed by atoms with E-state index in [2.05, 4.69) is 5.10 Å². The monoisotopic (exact) mass is 321 g/mol. The number of amides is 1. The molecular weight excluding hydrogens is 305 g/mol. The van der Waals surface area contributed by atoms with Gasteiger partial charge in [-0.25, -0.2) is 9.40 Å². The molecule has 22 heavy (non-hydrogen) atoms. The lowest BCUT2D eigenvalue weighted by molar-refractivity contribution is -0.142. The van der Waals surface area contributed by atoms with Gasteiger partial charge in [-0.2, -0.15) is 10.4 Å². The van der Waals surface area contributed by atoms with E-state index in [1.54, 1.807) is 19.2 Å². The first kappa shape index (κ1) is 16.4. The number of nitrogens with zero attached hydrogens (tertiary/aromatic N) is 3. The van der Waals surface area contributed by atoms with Gasteiger partial charge >= 0.3 is 0 Å². The molecule has 1 heterocycles. The molecule has 1 aliphatic rings. The number of hydrogen-bond acceptors (Lipinski definition) is 3. The van der Waals surface area contributed by atoms with Crippen molar-refractivity contribution in [2.24, 2.45) is 10.5 Å². The van der Waals surface area contributed by atoms with E-state index in [-0.39, 0.29) is 17.4 Å². The number of nitriles is 1. The summed E-state index contributed by atoms with van der Waals surface area (Å²) in [7, 11) is 0. The summed E-state index contributed by atoms with van der Waals surface area (Å²) >= 11 is 5.95. The second-order valence-corrected chi connectivity index (χ2v) is 5.90. The highest BCUT2D eigenvalue weighted by Crippen LogP contribution is 2.35. The Morgan fingerprint density at radius 1 is 1.59 bits per heavy atom. The van der Waals surface area contributed by atoms with Crippen molar-refractivity contribution in [3.05, 3.63) is 35.1 Å². The maximum atomic E-state index is 13.6. The van der Waals surface area contributed by atoms with E-state index in [1.165, 1.54) is 17.1 Å². The lowest BCUT2D eigenvalue weighted by atomic mass is 9.87. The van der Waals surface area contributed by atoms with Crippen molar-refractivity contribution < 1.29 is 9.18 Å². The second-order valence-electron chi connectivity index (χ2n) is 5.63. The van der Waals surface area contributed by atoms with E-state index in [4.69, 9.17) is 16.9 Å². The number of hydrazone groups is 1. The fourth-order valence-electron chi connectivity index (χ4n) is 2.34. The first-order chi connectivity index (χ1) is 10.4. The smallest absolute Gasteiger partial charge is 0.250 e. The summed E-state index contributed by atoms with van der Waals surface area (Å²) in [5.74, 6) is -0.497. The van der Waals surface area contributed by atoms with Gasteiger partial charge in [-0.15, -0.1) is 11.6 Å². The molecule has 1 aromatic carbocycles. The number of benzene rings is 1. The van der Waals surface area contributed by atoms with E-state index < -0.39 is 17.3 Å². The van der Waals surface area contributed by atoms with E-state index >= 15 is 0 Å². The van der Waals surface area contributed by atoms with Gasteiger partial charge < -0.3 is 0 Å². The van der Waals surface area contributed by atoms with Gasteiger partial charge in [0.1, 0.15) is 5.82 Å². The van der Waals surface area contributed by atoms with Gasteiger partial charge in [0.2, 0.25) is 5.91 Å². The van der Waals surface area contributed by atoms with Gasteiger partial charge in [0.05, 0.1) is 23.1 Å². The van der Waals surface area contributed by atoms with Crippen LogP contribution >= 0.6 is 11.6 Å². The summed E-state index contributed by atoms with van der Waals surface area (Å²) in [6.07, 6.45) is 2.70. The van der Waals surface area contributed by atoms with Crippen LogP contribution in [0.3, 0.4) is 0 Å².